The van der Waals surface area contributed by atoms with E-state index in [0.29, 0.717) is 6.04 Å². The van der Waals surface area contributed by atoms with Crippen molar-refractivity contribution in [1.29, 1.82) is 0 Å². The second kappa shape index (κ2) is 5.45. The van der Waals surface area contributed by atoms with Gasteiger partial charge in [0.05, 0.1) is 0 Å². The van der Waals surface area contributed by atoms with Crippen molar-refractivity contribution >= 4 is 5.82 Å². The fourth-order valence-corrected chi connectivity index (χ4v) is 2.63. The molecule has 1 aliphatic rings. The summed E-state index contributed by atoms with van der Waals surface area (Å²) in [6, 6.07) is 11.0. The van der Waals surface area contributed by atoms with Gasteiger partial charge in [-0.2, -0.15) is 5.10 Å². The van der Waals surface area contributed by atoms with Crippen LogP contribution in [0.15, 0.2) is 30.3 Å². The molecular formula is C15H20N4. The van der Waals surface area contributed by atoms with Gasteiger partial charge in [0.25, 0.3) is 0 Å². The first-order chi connectivity index (χ1) is 9.38. The van der Waals surface area contributed by atoms with E-state index in [2.05, 4.69) is 52.0 Å². The summed E-state index contributed by atoms with van der Waals surface area (Å²) in [5.74, 6) is 0.983. The molecule has 19 heavy (non-hydrogen) atoms. The van der Waals surface area contributed by atoms with E-state index >= 15 is 0 Å². The molecule has 0 saturated carbocycles. The highest BCUT2D eigenvalue weighted by molar-refractivity contribution is 5.77. The molecule has 100 valence electrons. The molecule has 1 unspecified atom stereocenters. The largest absolute Gasteiger partial charge is 0.364 e. The summed E-state index contributed by atoms with van der Waals surface area (Å²) in [6.45, 7) is 4.26. The predicted molar refractivity (Wildman–Crippen MR) is 78.3 cm³/mol. The van der Waals surface area contributed by atoms with Gasteiger partial charge in [-0.1, -0.05) is 37.3 Å². The third-order valence-electron chi connectivity index (χ3n) is 3.66. The van der Waals surface area contributed by atoms with Crippen molar-refractivity contribution in [3.63, 3.8) is 0 Å². The average molecular weight is 256 g/mol. The van der Waals surface area contributed by atoms with E-state index in [4.69, 9.17) is 0 Å². The number of aromatic nitrogens is 2. The molecule has 0 bridgehead atoms. The highest BCUT2D eigenvalue weighted by Crippen LogP contribution is 2.30. The second-order valence-corrected chi connectivity index (χ2v) is 4.98. The van der Waals surface area contributed by atoms with Crippen LogP contribution in [0.1, 0.15) is 19.0 Å². The number of hydrogen-bond donors (Lipinski definition) is 3. The van der Waals surface area contributed by atoms with E-state index in [0.717, 1.165) is 31.7 Å². The molecule has 0 aliphatic carbocycles. The van der Waals surface area contributed by atoms with Gasteiger partial charge in [0.1, 0.15) is 0 Å². The zero-order valence-corrected chi connectivity index (χ0v) is 11.2. The number of anilines is 1. The zero-order valence-electron chi connectivity index (χ0n) is 11.2. The highest BCUT2D eigenvalue weighted by Gasteiger charge is 2.19. The Morgan fingerprint density at radius 2 is 2.16 bits per heavy atom. The van der Waals surface area contributed by atoms with E-state index in [9.17, 15) is 0 Å². The summed E-state index contributed by atoms with van der Waals surface area (Å²) in [4.78, 5) is 0. The number of H-pyrrole nitrogens is 1. The lowest BCUT2D eigenvalue weighted by Gasteiger charge is -2.12. The number of rotatable bonds is 4. The molecule has 1 fully saturated rings. The number of nitrogens with one attached hydrogen (secondary N) is 3. The third kappa shape index (κ3) is 2.49. The van der Waals surface area contributed by atoms with Gasteiger partial charge in [0.2, 0.25) is 0 Å². The number of nitrogens with zero attached hydrogens (tertiary/aromatic N) is 1. The first-order valence-corrected chi connectivity index (χ1v) is 6.98. The van der Waals surface area contributed by atoms with E-state index in [1.165, 1.54) is 16.8 Å². The minimum absolute atomic E-state index is 0.482. The smallest absolute Gasteiger partial charge is 0.156 e. The maximum Gasteiger partial charge on any atom is 0.156 e. The van der Waals surface area contributed by atoms with Crippen LogP contribution in [-0.2, 0) is 6.42 Å². The van der Waals surface area contributed by atoms with E-state index in [-0.39, 0.29) is 0 Å². The van der Waals surface area contributed by atoms with Gasteiger partial charge in [-0.3, -0.25) is 5.10 Å². The fourth-order valence-electron chi connectivity index (χ4n) is 2.63. The number of aromatic amines is 1. The molecule has 1 aromatic carbocycles. The van der Waals surface area contributed by atoms with Gasteiger partial charge in [-0.15, -0.1) is 0 Å². The number of benzene rings is 1. The second-order valence-electron chi connectivity index (χ2n) is 4.98. The molecule has 4 heteroatoms. The number of aryl methyl sites for hydroxylation is 1. The fraction of sp³-hybridized carbons (Fsp3) is 0.400. The topological polar surface area (TPSA) is 52.7 Å². The van der Waals surface area contributed by atoms with Crippen LogP contribution < -0.4 is 10.6 Å². The van der Waals surface area contributed by atoms with Crippen molar-refractivity contribution in [2.24, 2.45) is 0 Å². The Hall–Kier alpha value is -1.81. The third-order valence-corrected chi connectivity index (χ3v) is 3.66. The van der Waals surface area contributed by atoms with Crippen molar-refractivity contribution in [3.8, 4) is 11.1 Å². The van der Waals surface area contributed by atoms with Gasteiger partial charge >= 0.3 is 0 Å². The molecule has 1 saturated heterocycles. The molecular weight excluding hydrogens is 236 g/mol. The average Bonchev–Trinajstić information content (AvgIpc) is 3.09. The Labute approximate surface area is 113 Å². The first-order valence-electron chi connectivity index (χ1n) is 6.98. The summed E-state index contributed by atoms with van der Waals surface area (Å²) < 4.78 is 0. The molecule has 1 atom stereocenters. The van der Waals surface area contributed by atoms with Crippen LogP contribution in [0, 0.1) is 0 Å². The zero-order chi connectivity index (χ0) is 13.1. The Bertz CT molecular complexity index is 526. The van der Waals surface area contributed by atoms with Crippen LogP contribution in [0.3, 0.4) is 0 Å². The van der Waals surface area contributed by atoms with Crippen molar-refractivity contribution < 1.29 is 0 Å². The van der Waals surface area contributed by atoms with Crippen LogP contribution >= 0.6 is 0 Å². The Morgan fingerprint density at radius 3 is 2.84 bits per heavy atom. The van der Waals surface area contributed by atoms with Crippen molar-refractivity contribution in [1.82, 2.24) is 15.5 Å². The lowest BCUT2D eigenvalue weighted by atomic mass is 10.0. The molecule has 0 amide bonds. The van der Waals surface area contributed by atoms with E-state index in [1.807, 2.05) is 6.07 Å². The molecule has 1 aromatic heterocycles. The molecule has 3 N–H and O–H groups in total. The SMILES string of the molecule is CCc1[nH]nc(NC2CCNC2)c1-c1ccccc1. The molecule has 0 spiro atoms. The lowest BCUT2D eigenvalue weighted by Crippen LogP contribution is -2.22. The Morgan fingerprint density at radius 1 is 1.32 bits per heavy atom. The minimum atomic E-state index is 0.482. The van der Waals surface area contributed by atoms with Gasteiger partial charge in [-0.25, -0.2) is 0 Å². The molecule has 4 nitrogen and oxygen atoms in total. The van der Waals surface area contributed by atoms with Crippen LogP contribution in [0.5, 0.6) is 0 Å². The maximum atomic E-state index is 4.46. The normalized spacial score (nSPS) is 18.7. The van der Waals surface area contributed by atoms with Gasteiger partial charge < -0.3 is 10.6 Å². The van der Waals surface area contributed by atoms with E-state index < -0.39 is 0 Å². The Balaban J connectivity index is 1.93. The van der Waals surface area contributed by atoms with Crippen LogP contribution in [-0.4, -0.2) is 29.3 Å². The summed E-state index contributed by atoms with van der Waals surface area (Å²) in [7, 11) is 0. The predicted octanol–water partition coefficient (Wildman–Crippen LogP) is 2.41. The molecule has 1 aliphatic heterocycles. The van der Waals surface area contributed by atoms with Crippen LogP contribution in [0.4, 0.5) is 5.82 Å². The summed E-state index contributed by atoms with van der Waals surface area (Å²) in [5, 5.41) is 14.6. The first kappa shape index (κ1) is 12.2. The van der Waals surface area contributed by atoms with Crippen LogP contribution in [0.25, 0.3) is 11.1 Å². The summed E-state index contributed by atoms with van der Waals surface area (Å²) >= 11 is 0. The molecule has 3 rings (SSSR count). The maximum absolute atomic E-state index is 4.46. The monoisotopic (exact) mass is 256 g/mol. The van der Waals surface area contributed by atoms with Gasteiger partial charge in [-0.05, 0) is 24.9 Å². The van der Waals surface area contributed by atoms with Crippen molar-refractivity contribution in [3.05, 3.63) is 36.0 Å². The van der Waals surface area contributed by atoms with E-state index in [1.54, 1.807) is 0 Å². The molecule has 0 radical (unpaired) electrons. The molecule has 2 heterocycles. The lowest BCUT2D eigenvalue weighted by molar-refractivity contribution is 0.786. The summed E-state index contributed by atoms with van der Waals surface area (Å²) in [6.07, 6.45) is 2.12. The quantitative estimate of drug-likeness (QED) is 0.787. The number of hydrogen-bond acceptors (Lipinski definition) is 3. The van der Waals surface area contributed by atoms with Gasteiger partial charge in [0.15, 0.2) is 5.82 Å². The Kier molecular flexibility index (Phi) is 3.51. The van der Waals surface area contributed by atoms with Crippen LogP contribution in [0.2, 0.25) is 0 Å². The summed E-state index contributed by atoms with van der Waals surface area (Å²) in [5.41, 5.74) is 3.64. The highest BCUT2D eigenvalue weighted by atomic mass is 15.2. The van der Waals surface area contributed by atoms with Gasteiger partial charge in [0, 0.05) is 23.8 Å². The van der Waals surface area contributed by atoms with Crippen molar-refractivity contribution in [2.75, 3.05) is 18.4 Å². The minimum Gasteiger partial charge on any atom is -0.364 e. The molecule has 2 aromatic rings. The van der Waals surface area contributed by atoms with Crippen molar-refractivity contribution in [2.45, 2.75) is 25.8 Å². The standard InChI is InChI=1S/C15H20N4/c1-2-13-14(11-6-4-3-5-7-11)15(19-18-13)17-12-8-9-16-10-12/h3-7,12,16H,2,8-10H2,1H3,(H2,17,18,19).